The van der Waals surface area contributed by atoms with Crippen molar-refractivity contribution in [3.63, 3.8) is 0 Å². The number of fused-ring (bicyclic) bond motifs is 1. The Hall–Kier alpha value is -2.71. The highest BCUT2D eigenvalue weighted by Gasteiger charge is 2.27. The van der Waals surface area contributed by atoms with Crippen molar-refractivity contribution in [2.75, 3.05) is 31.2 Å². The van der Waals surface area contributed by atoms with Crippen LogP contribution in [0.4, 0.5) is 0 Å². The fourth-order valence-electron chi connectivity index (χ4n) is 5.12. The van der Waals surface area contributed by atoms with E-state index in [9.17, 15) is 23.1 Å². The zero-order valence-corrected chi connectivity index (χ0v) is 21.6. The number of nitrogens with zero attached hydrogens (tertiary/aromatic N) is 1. The number of amides is 1. The Balaban J connectivity index is 1.30. The van der Waals surface area contributed by atoms with Gasteiger partial charge in [0.15, 0.2) is 15.6 Å². The van der Waals surface area contributed by atoms with Crippen molar-refractivity contribution in [2.45, 2.75) is 51.6 Å². The van der Waals surface area contributed by atoms with Crippen molar-refractivity contribution in [3.05, 3.63) is 64.7 Å². The molecule has 1 saturated heterocycles. The van der Waals surface area contributed by atoms with Crippen LogP contribution in [0.15, 0.2) is 42.5 Å². The maximum Gasteiger partial charge on any atom is 0.254 e. The second-order valence-corrected chi connectivity index (χ2v) is 12.1. The minimum absolute atomic E-state index is 0.0381. The second-order valence-electron chi connectivity index (χ2n) is 9.82. The highest BCUT2D eigenvalue weighted by atomic mass is 32.2. The number of carbonyl (C=O) groups is 2. The van der Waals surface area contributed by atoms with Gasteiger partial charge in [-0.15, -0.1) is 0 Å². The Bertz CT molecular complexity index is 1170. The van der Waals surface area contributed by atoms with Crippen LogP contribution in [0.1, 0.15) is 64.4 Å². The topological polar surface area (TPSA) is 101 Å². The van der Waals surface area contributed by atoms with E-state index in [0.717, 1.165) is 19.3 Å². The number of benzene rings is 2. The van der Waals surface area contributed by atoms with Gasteiger partial charge in [0.05, 0.1) is 29.8 Å². The molecule has 1 aliphatic carbocycles. The lowest BCUT2D eigenvalue weighted by atomic mass is 9.95. The van der Waals surface area contributed by atoms with Gasteiger partial charge in [-0.25, -0.2) is 8.42 Å². The first-order valence-corrected chi connectivity index (χ1v) is 14.6. The molecule has 1 atom stereocenters. The molecule has 1 amide bonds. The molecule has 194 valence electrons. The van der Waals surface area contributed by atoms with Gasteiger partial charge in [-0.3, -0.25) is 9.59 Å². The number of carbonyl (C=O) groups excluding carboxylic acids is 2. The molecule has 7 nitrogen and oxygen atoms in total. The number of aliphatic hydroxyl groups is 1. The van der Waals surface area contributed by atoms with Gasteiger partial charge in [-0.05, 0) is 74.3 Å². The van der Waals surface area contributed by atoms with E-state index in [0.29, 0.717) is 42.2 Å². The van der Waals surface area contributed by atoms with Crippen molar-refractivity contribution >= 4 is 21.5 Å². The third-order valence-corrected chi connectivity index (χ3v) is 8.82. The molecule has 0 unspecified atom stereocenters. The van der Waals surface area contributed by atoms with Crippen molar-refractivity contribution < 1.29 is 27.9 Å². The molecular weight excluding hydrogens is 478 g/mol. The predicted octanol–water partition coefficient (Wildman–Crippen LogP) is 3.47. The minimum Gasteiger partial charge on any atom is -0.493 e. The van der Waals surface area contributed by atoms with Crippen LogP contribution in [0.2, 0.25) is 0 Å². The number of rotatable bonds is 10. The van der Waals surface area contributed by atoms with Crippen LogP contribution in [0.5, 0.6) is 5.75 Å². The Morgan fingerprint density at radius 2 is 1.72 bits per heavy atom. The van der Waals surface area contributed by atoms with Gasteiger partial charge in [0.25, 0.3) is 5.91 Å². The molecule has 1 fully saturated rings. The molecular formula is C28H35NO6S. The second kappa shape index (κ2) is 11.6. The number of ketones is 1. The van der Waals surface area contributed by atoms with Crippen LogP contribution in [0, 0.1) is 5.92 Å². The van der Waals surface area contributed by atoms with E-state index < -0.39 is 15.9 Å². The molecule has 8 heteroatoms. The molecule has 36 heavy (non-hydrogen) atoms. The predicted molar refractivity (Wildman–Crippen MR) is 138 cm³/mol. The molecule has 2 aromatic rings. The van der Waals surface area contributed by atoms with Gasteiger partial charge in [-0.2, -0.15) is 0 Å². The normalized spacial score (nSPS) is 18.0. The number of sulfone groups is 1. The number of Topliss-reactive ketones (excluding diaryl/α,β-unsaturated/α-hetero) is 1. The smallest absolute Gasteiger partial charge is 0.254 e. The van der Waals surface area contributed by atoms with Gasteiger partial charge >= 0.3 is 0 Å². The van der Waals surface area contributed by atoms with E-state index in [-0.39, 0.29) is 42.7 Å². The SMILES string of the molecule is CCOc1cc(C(=O)N2CCS(=O)(=O)CC2)ccc1C(=O)CC[C@@H](O)CCC1Cc2ccccc2C1. The molecule has 4 rings (SSSR count). The summed E-state index contributed by atoms with van der Waals surface area (Å²) >= 11 is 0. The van der Waals surface area contributed by atoms with E-state index >= 15 is 0 Å². The maximum absolute atomic E-state index is 13.0. The van der Waals surface area contributed by atoms with Gasteiger partial charge in [-0.1, -0.05) is 24.3 Å². The zero-order valence-electron chi connectivity index (χ0n) is 20.8. The quantitative estimate of drug-likeness (QED) is 0.488. The van der Waals surface area contributed by atoms with Crippen molar-refractivity contribution in [2.24, 2.45) is 5.92 Å². The molecule has 0 spiro atoms. The summed E-state index contributed by atoms with van der Waals surface area (Å²) in [6.45, 7) is 2.48. The van der Waals surface area contributed by atoms with Gasteiger partial charge in [0, 0.05) is 25.1 Å². The molecule has 0 radical (unpaired) electrons. The summed E-state index contributed by atoms with van der Waals surface area (Å²) in [6, 6.07) is 13.3. The van der Waals surface area contributed by atoms with Gasteiger partial charge in [0.1, 0.15) is 5.75 Å². The van der Waals surface area contributed by atoms with Crippen LogP contribution >= 0.6 is 0 Å². The fraction of sp³-hybridized carbons (Fsp3) is 0.500. The van der Waals surface area contributed by atoms with E-state index in [1.807, 2.05) is 6.92 Å². The number of hydrogen-bond acceptors (Lipinski definition) is 6. The highest BCUT2D eigenvalue weighted by molar-refractivity contribution is 7.91. The van der Waals surface area contributed by atoms with Crippen LogP contribution in [0.3, 0.4) is 0 Å². The molecule has 0 bridgehead atoms. The van der Waals surface area contributed by atoms with Crippen LogP contribution in [0.25, 0.3) is 0 Å². The lowest BCUT2D eigenvalue weighted by molar-refractivity contribution is 0.0769. The van der Waals surface area contributed by atoms with Crippen LogP contribution in [-0.2, 0) is 22.7 Å². The maximum atomic E-state index is 13.0. The molecule has 1 heterocycles. The molecule has 0 saturated carbocycles. The minimum atomic E-state index is -3.08. The largest absolute Gasteiger partial charge is 0.493 e. The average molecular weight is 514 g/mol. The molecule has 0 aromatic heterocycles. The van der Waals surface area contributed by atoms with Crippen molar-refractivity contribution in [1.82, 2.24) is 4.90 Å². The van der Waals surface area contributed by atoms with Gasteiger partial charge < -0.3 is 14.7 Å². The standard InChI is InChI=1S/C28H35NO6S/c1-2-35-27-19-23(28(32)29-13-15-36(33,34)16-14-29)8-11-25(27)26(31)12-10-24(30)9-7-20-17-21-5-3-4-6-22(21)18-20/h3-6,8,11,19-20,24,30H,2,7,9-10,12-18H2,1H3/t24-/m0/s1. The average Bonchev–Trinajstić information content (AvgIpc) is 3.29. The first-order valence-electron chi connectivity index (χ1n) is 12.8. The van der Waals surface area contributed by atoms with Crippen LogP contribution < -0.4 is 4.74 Å². The van der Waals surface area contributed by atoms with E-state index in [2.05, 4.69) is 24.3 Å². The summed E-state index contributed by atoms with van der Waals surface area (Å²) in [4.78, 5) is 27.3. The summed E-state index contributed by atoms with van der Waals surface area (Å²) in [5, 5.41) is 10.5. The van der Waals surface area contributed by atoms with Crippen molar-refractivity contribution in [1.29, 1.82) is 0 Å². The molecule has 1 aliphatic heterocycles. The lowest BCUT2D eigenvalue weighted by Crippen LogP contribution is -2.43. The fourth-order valence-corrected chi connectivity index (χ4v) is 6.32. The Morgan fingerprint density at radius 1 is 1.06 bits per heavy atom. The highest BCUT2D eigenvalue weighted by Crippen LogP contribution is 2.30. The van der Waals surface area contributed by atoms with E-state index in [1.165, 1.54) is 16.0 Å². The number of aliphatic hydroxyl groups excluding tert-OH is 1. The molecule has 2 aliphatic rings. The summed E-state index contributed by atoms with van der Waals surface area (Å²) in [5.74, 6) is 0.412. The summed E-state index contributed by atoms with van der Waals surface area (Å²) in [5.41, 5.74) is 3.57. The number of ether oxygens (including phenoxy) is 1. The third kappa shape index (κ3) is 6.53. The lowest BCUT2D eigenvalue weighted by Gasteiger charge is -2.27. The monoisotopic (exact) mass is 513 g/mol. The first kappa shape index (κ1) is 26.4. The Kier molecular flexibility index (Phi) is 8.46. The molecule has 2 aromatic carbocycles. The summed E-state index contributed by atoms with van der Waals surface area (Å²) in [6.07, 6.45) is 3.75. The Labute approximate surface area is 213 Å². The third-order valence-electron chi connectivity index (χ3n) is 7.21. The first-order chi connectivity index (χ1) is 17.3. The van der Waals surface area contributed by atoms with Crippen molar-refractivity contribution in [3.8, 4) is 5.75 Å². The summed E-state index contributed by atoms with van der Waals surface area (Å²) < 4.78 is 29.0. The summed E-state index contributed by atoms with van der Waals surface area (Å²) in [7, 11) is -3.08. The van der Waals surface area contributed by atoms with Gasteiger partial charge in [0.2, 0.25) is 0 Å². The zero-order chi connectivity index (χ0) is 25.7. The Morgan fingerprint density at radius 3 is 2.36 bits per heavy atom. The molecule has 1 N–H and O–H groups in total. The van der Waals surface area contributed by atoms with Crippen LogP contribution in [-0.4, -0.2) is 67.4 Å². The van der Waals surface area contributed by atoms with E-state index in [1.54, 1.807) is 18.2 Å². The van der Waals surface area contributed by atoms with E-state index in [4.69, 9.17) is 4.74 Å². The number of hydrogen-bond donors (Lipinski definition) is 1.